The number of hydrogen-bond donors (Lipinski definition) is 0. The zero-order valence-electron chi connectivity index (χ0n) is 13.8. The Kier molecular flexibility index (Phi) is 3.20. The first-order valence-corrected chi connectivity index (χ1v) is 7.88. The Morgan fingerprint density at radius 3 is 2.24 bits per heavy atom. The highest BCUT2D eigenvalue weighted by Gasteiger charge is 2.37. The molecule has 1 aromatic carbocycles. The lowest BCUT2D eigenvalue weighted by Crippen LogP contribution is -2.33. The summed E-state index contributed by atoms with van der Waals surface area (Å²) in [4.78, 5) is 4.58. The second kappa shape index (κ2) is 4.69. The Balaban J connectivity index is 2.19. The van der Waals surface area contributed by atoms with Crippen LogP contribution in [0.15, 0.2) is 36.5 Å². The first kappa shape index (κ1) is 14.3. The molecule has 0 N–H and O–H groups in total. The average molecular weight is 279 g/mol. The maximum absolute atomic E-state index is 4.58. The van der Waals surface area contributed by atoms with Gasteiger partial charge < -0.3 is 0 Å². The number of rotatable bonds is 1. The van der Waals surface area contributed by atoms with E-state index in [4.69, 9.17) is 0 Å². The van der Waals surface area contributed by atoms with Crippen LogP contribution in [0, 0.1) is 6.92 Å². The van der Waals surface area contributed by atoms with E-state index < -0.39 is 0 Å². The van der Waals surface area contributed by atoms with Crippen LogP contribution in [-0.4, -0.2) is 4.98 Å². The Morgan fingerprint density at radius 2 is 1.57 bits per heavy atom. The van der Waals surface area contributed by atoms with Gasteiger partial charge in [0.1, 0.15) is 0 Å². The first-order chi connectivity index (χ1) is 9.81. The van der Waals surface area contributed by atoms with Gasteiger partial charge in [-0.2, -0.15) is 0 Å². The van der Waals surface area contributed by atoms with E-state index >= 15 is 0 Å². The summed E-state index contributed by atoms with van der Waals surface area (Å²) in [7, 11) is 0. The number of nitrogens with zero attached hydrogens (tertiary/aromatic N) is 1. The molecule has 0 aliphatic heterocycles. The molecule has 21 heavy (non-hydrogen) atoms. The third-order valence-electron chi connectivity index (χ3n) is 5.14. The minimum atomic E-state index is 0.254. The zero-order valence-corrected chi connectivity index (χ0v) is 13.8. The van der Waals surface area contributed by atoms with Crippen LogP contribution in [0.5, 0.6) is 0 Å². The highest BCUT2D eigenvalue weighted by Crippen LogP contribution is 2.46. The van der Waals surface area contributed by atoms with E-state index in [0.717, 1.165) is 5.69 Å². The smallest absolute Gasteiger partial charge is 0.0731 e. The van der Waals surface area contributed by atoms with Crippen LogP contribution in [0.3, 0.4) is 0 Å². The molecular formula is C20H25N. The molecule has 2 aromatic rings. The molecule has 0 spiro atoms. The molecule has 0 bridgehead atoms. The Hall–Kier alpha value is -1.63. The quantitative estimate of drug-likeness (QED) is 0.680. The van der Waals surface area contributed by atoms with E-state index in [1.165, 1.54) is 35.1 Å². The number of aryl methyl sites for hydroxylation is 1. The van der Waals surface area contributed by atoms with Crippen molar-refractivity contribution in [3.05, 3.63) is 53.2 Å². The van der Waals surface area contributed by atoms with Gasteiger partial charge >= 0.3 is 0 Å². The highest BCUT2D eigenvalue weighted by molar-refractivity contribution is 5.65. The molecule has 1 aliphatic rings. The van der Waals surface area contributed by atoms with Gasteiger partial charge in [0.05, 0.1) is 5.69 Å². The standard InChI is InChI=1S/C20H25N/c1-14-7-6-12-21-18(14)15-8-9-16-17(13-15)20(4,5)11-10-19(16,2)3/h6-9,12-13H,10-11H2,1-5H3. The molecule has 3 rings (SSSR count). The maximum atomic E-state index is 4.58. The fourth-order valence-corrected chi connectivity index (χ4v) is 3.52. The SMILES string of the molecule is Cc1cccnc1-c1ccc2c(c1)C(C)(C)CCC2(C)C. The molecule has 1 heteroatoms. The van der Waals surface area contributed by atoms with Crippen molar-refractivity contribution in [2.45, 2.75) is 58.3 Å². The topological polar surface area (TPSA) is 12.9 Å². The lowest BCUT2D eigenvalue weighted by atomic mass is 9.63. The van der Waals surface area contributed by atoms with Crippen LogP contribution >= 0.6 is 0 Å². The molecule has 1 nitrogen and oxygen atoms in total. The largest absolute Gasteiger partial charge is 0.256 e. The molecule has 0 amide bonds. The summed E-state index contributed by atoms with van der Waals surface area (Å²) in [5.41, 5.74) is 7.14. The van der Waals surface area contributed by atoms with Crippen molar-refractivity contribution in [2.24, 2.45) is 0 Å². The second-order valence-corrected chi connectivity index (χ2v) is 7.70. The lowest BCUT2D eigenvalue weighted by molar-refractivity contribution is 0.332. The van der Waals surface area contributed by atoms with Crippen molar-refractivity contribution in [3.8, 4) is 11.3 Å². The fraction of sp³-hybridized carbons (Fsp3) is 0.450. The van der Waals surface area contributed by atoms with Crippen LogP contribution < -0.4 is 0 Å². The summed E-state index contributed by atoms with van der Waals surface area (Å²) in [6, 6.07) is 11.1. The van der Waals surface area contributed by atoms with Gasteiger partial charge in [0, 0.05) is 11.8 Å². The van der Waals surface area contributed by atoms with Crippen molar-refractivity contribution in [1.29, 1.82) is 0 Å². The summed E-state index contributed by atoms with van der Waals surface area (Å²) in [6.07, 6.45) is 4.39. The van der Waals surface area contributed by atoms with Gasteiger partial charge in [-0.1, -0.05) is 45.9 Å². The molecule has 0 fully saturated rings. The van der Waals surface area contributed by atoms with Crippen molar-refractivity contribution >= 4 is 0 Å². The van der Waals surface area contributed by atoms with Crippen LogP contribution in [0.1, 0.15) is 57.2 Å². The van der Waals surface area contributed by atoms with Crippen molar-refractivity contribution in [2.75, 3.05) is 0 Å². The van der Waals surface area contributed by atoms with Crippen LogP contribution in [0.25, 0.3) is 11.3 Å². The van der Waals surface area contributed by atoms with Gasteiger partial charge in [0.15, 0.2) is 0 Å². The number of pyridine rings is 1. The predicted octanol–water partition coefficient (Wildman–Crippen LogP) is 5.41. The molecule has 0 atom stereocenters. The van der Waals surface area contributed by atoms with E-state index in [-0.39, 0.29) is 10.8 Å². The molecule has 1 aliphatic carbocycles. The van der Waals surface area contributed by atoms with Crippen LogP contribution in [0.2, 0.25) is 0 Å². The average Bonchev–Trinajstić information content (AvgIpc) is 2.44. The van der Waals surface area contributed by atoms with E-state index in [1.54, 1.807) is 0 Å². The Labute approximate surface area is 128 Å². The van der Waals surface area contributed by atoms with E-state index in [9.17, 15) is 0 Å². The number of fused-ring (bicyclic) bond motifs is 1. The lowest BCUT2D eigenvalue weighted by Gasteiger charge is -2.42. The fourth-order valence-electron chi connectivity index (χ4n) is 3.52. The molecular weight excluding hydrogens is 254 g/mol. The van der Waals surface area contributed by atoms with Gasteiger partial charge in [0.2, 0.25) is 0 Å². The molecule has 110 valence electrons. The van der Waals surface area contributed by atoms with Crippen molar-refractivity contribution in [1.82, 2.24) is 4.98 Å². The Bertz CT molecular complexity index is 680. The molecule has 1 heterocycles. The van der Waals surface area contributed by atoms with Gasteiger partial charge in [-0.3, -0.25) is 4.98 Å². The summed E-state index contributed by atoms with van der Waals surface area (Å²) in [5, 5.41) is 0. The summed E-state index contributed by atoms with van der Waals surface area (Å²) in [6.45, 7) is 11.6. The number of hydrogen-bond acceptors (Lipinski definition) is 1. The predicted molar refractivity (Wildman–Crippen MR) is 89.7 cm³/mol. The van der Waals surface area contributed by atoms with Crippen molar-refractivity contribution < 1.29 is 0 Å². The number of benzene rings is 1. The monoisotopic (exact) mass is 279 g/mol. The van der Waals surface area contributed by atoms with E-state index in [0.29, 0.717) is 0 Å². The van der Waals surface area contributed by atoms with Gasteiger partial charge in [-0.25, -0.2) is 0 Å². The summed E-state index contributed by atoms with van der Waals surface area (Å²) < 4.78 is 0. The van der Waals surface area contributed by atoms with Gasteiger partial charge in [-0.05, 0) is 59.4 Å². The molecule has 0 unspecified atom stereocenters. The minimum absolute atomic E-state index is 0.254. The maximum Gasteiger partial charge on any atom is 0.0731 e. The molecule has 0 saturated carbocycles. The first-order valence-electron chi connectivity index (χ1n) is 7.88. The number of aromatic nitrogens is 1. The molecule has 1 aromatic heterocycles. The molecule has 0 radical (unpaired) electrons. The highest BCUT2D eigenvalue weighted by atomic mass is 14.7. The van der Waals surface area contributed by atoms with Crippen molar-refractivity contribution in [3.63, 3.8) is 0 Å². The summed E-state index contributed by atoms with van der Waals surface area (Å²) >= 11 is 0. The zero-order chi connectivity index (χ0) is 15.3. The van der Waals surface area contributed by atoms with E-state index in [1.807, 2.05) is 12.3 Å². The van der Waals surface area contributed by atoms with E-state index in [2.05, 4.69) is 63.9 Å². The third-order valence-corrected chi connectivity index (χ3v) is 5.14. The minimum Gasteiger partial charge on any atom is -0.256 e. The van der Waals surface area contributed by atoms with Crippen LogP contribution in [-0.2, 0) is 10.8 Å². The molecule has 0 saturated heterocycles. The van der Waals surface area contributed by atoms with Gasteiger partial charge in [0.25, 0.3) is 0 Å². The normalized spacial score (nSPS) is 19.1. The van der Waals surface area contributed by atoms with Gasteiger partial charge in [-0.15, -0.1) is 0 Å². The Morgan fingerprint density at radius 1 is 0.905 bits per heavy atom. The summed E-state index contributed by atoms with van der Waals surface area (Å²) in [5.74, 6) is 0. The third kappa shape index (κ3) is 2.39. The second-order valence-electron chi connectivity index (χ2n) is 7.70. The van der Waals surface area contributed by atoms with Crippen LogP contribution in [0.4, 0.5) is 0 Å².